The number of nitrogen functional groups attached to an aromatic ring is 1. The van der Waals surface area contributed by atoms with Crippen LogP contribution in [-0.4, -0.2) is 134 Å². The Morgan fingerprint density at radius 2 is 1.47 bits per heavy atom. The number of nitrogens with zero attached hydrogens (tertiary/aromatic N) is 4. The van der Waals surface area contributed by atoms with Crippen molar-refractivity contribution in [1.82, 2.24) is 30.2 Å². The van der Waals surface area contributed by atoms with E-state index >= 15 is 0 Å². The lowest BCUT2D eigenvalue weighted by Gasteiger charge is -2.30. The summed E-state index contributed by atoms with van der Waals surface area (Å²) in [6.45, 7) is 11.3. The van der Waals surface area contributed by atoms with Crippen LogP contribution >= 0.6 is 35.2 Å². The second kappa shape index (κ2) is 28.3. The molecule has 1 aliphatic rings. The van der Waals surface area contributed by atoms with Gasteiger partial charge in [-0.1, -0.05) is 112 Å². The van der Waals surface area contributed by atoms with E-state index in [4.69, 9.17) is 19.5 Å². The fourth-order valence-corrected chi connectivity index (χ4v) is 11.2. The first kappa shape index (κ1) is 61.8. The summed E-state index contributed by atoms with van der Waals surface area (Å²) in [5, 5.41) is 36.8. The summed E-state index contributed by atoms with van der Waals surface area (Å²) in [5.41, 5.74) is 4.25. The summed E-state index contributed by atoms with van der Waals surface area (Å²) in [6.07, 6.45) is 2.02. The zero-order valence-electron chi connectivity index (χ0n) is 40.8. The Hall–Kier alpha value is -2.48. The molecule has 3 heterocycles. The second-order valence-corrected chi connectivity index (χ2v) is 24.4. The van der Waals surface area contributed by atoms with Crippen LogP contribution in [0, 0.1) is 29.1 Å². The normalized spacial score (nSPS) is 21.7. The van der Waals surface area contributed by atoms with Crippen molar-refractivity contribution in [3.8, 4) is 0 Å². The SMILES string of the molecule is CC(C)CCC[C@@H](C)CCC[C@@H](C)CCC[C@H](C)C(O)C(=O)SCCNC(=O)CCNC(=O)C(O)C(C)(C)COP(=O)(O)OP(=O)(O)OC[C@H]1O[C@@H](n2cnc3c(N)ncnc32)[C@H](O)[C@@H]1OP(=O)(O)O. The number of carbonyl (C=O) groups excluding carboxylic acids is 3. The van der Waals surface area contributed by atoms with Crippen LogP contribution in [0.1, 0.15) is 119 Å². The van der Waals surface area contributed by atoms with E-state index in [0.29, 0.717) is 5.92 Å². The van der Waals surface area contributed by atoms with Gasteiger partial charge in [0.1, 0.15) is 42.4 Å². The van der Waals surface area contributed by atoms with E-state index < -0.39 is 90.7 Å². The number of aliphatic hydroxyl groups is 3. The van der Waals surface area contributed by atoms with Crippen LogP contribution in [-0.2, 0) is 50.7 Å². The van der Waals surface area contributed by atoms with Gasteiger partial charge in [0.25, 0.3) is 0 Å². The van der Waals surface area contributed by atoms with E-state index in [0.717, 1.165) is 60.1 Å². The van der Waals surface area contributed by atoms with Crippen LogP contribution in [0.4, 0.5) is 5.82 Å². The first-order valence-electron chi connectivity index (χ1n) is 23.3. The van der Waals surface area contributed by atoms with Gasteiger partial charge in [0.15, 0.2) is 17.7 Å². The predicted octanol–water partition coefficient (Wildman–Crippen LogP) is 4.10. The number of imidazole rings is 1. The molecule has 1 saturated heterocycles. The smallest absolute Gasteiger partial charge is 0.386 e. The van der Waals surface area contributed by atoms with Gasteiger partial charge in [-0.25, -0.2) is 28.6 Å². The van der Waals surface area contributed by atoms with E-state index in [2.05, 4.69) is 62.1 Å². The Morgan fingerprint density at radius 3 is 2.09 bits per heavy atom. The van der Waals surface area contributed by atoms with Gasteiger partial charge in [0.2, 0.25) is 16.9 Å². The number of aliphatic hydroxyl groups excluding tert-OH is 3. The Morgan fingerprint density at radius 1 is 0.871 bits per heavy atom. The van der Waals surface area contributed by atoms with Gasteiger partial charge in [-0.05, 0) is 30.1 Å². The highest BCUT2D eigenvalue weighted by molar-refractivity contribution is 8.13. The van der Waals surface area contributed by atoms with Gasteiger partial charge in [-0.2, -0.15) is 4.31 Å². The number of nitrogens with two attached hydrogens (primary N) is 1. The minimum atomic E-state index is -5.59. The van der Waals surface area contributed by atoms with E-state index in [1.807, 2.05) is 6.92 Å². The molecule has 0 bridgehead atoms. The van der Waals surface area contributed by atoms with Crippen molar-refractivity contribution >= 4 is 69.1 Å². The number of aromatic nitrogens is 4. The van der Waals surface area contributed by atoms with Crippen molar-refractivity contribution < 1.29 is 85.6 Å². The molecular weight excluding hydrogens is 1000 g/mol. The number of hydrogen-bond donors (Lipinski definition) is 10. The predicted molar refractivity (Wildman–Crippen MR) is 257 cm³/mol. The minimum absolute atomic E-state index is 0.0270. The van der Waals surface area contributed by atoms with Crippen LogP contribution in [0.5, 0.6) is 0 Å². The summed E-state index contributed by atoms with van der Waals surface area (Å²) in [5.74, 6) is 0.563. The Labute approximate surface area is 412 Å². The van der Waals surface area contributed by atoms with Gasteiger partial charge in [-0.15, -0.1) is 0 Å². The molecule has 0 saturated carbocycles. The summed E-state index contributed by atoms with van der Waals surface area (Å²) in [7, 11) is -16.5. The van der Waals surface area contributed by atoms with Crippen molar-refractivity contribution in [2.24, 2.45) is 29.1 Å². The maximum absolute atomic E-state index is 12.8. The molecule has 402 valence electrons. The average Bonchev–Trinajstić information content (AvgIpc) is 3.82. The van der Waals surface area contributed by atoms with Crippen LogP contribution in [0.3, 0.4) is 0 Å². The van der Waals surface area contributed by atoms with E-state index in [-0.39, 0.29) is 53.3 Å². The molecule has 3 rings (SSSR count). The van der Waals surface area contributed by atoms with Crippen molar-refractivity contribution in [3.63, 3.8) is 0 Å². The largest absolute Gasteiger partial charge is 0.481 e. The quantitative estimate of drug-likeness (QED) is 0.0355. The average molecular weight is 1080 g/mol. The third kappa shape index (κ3) is 21.2. The number of ether oxygens (including phenoxy) is 1. The number of nitrogens with one attached hydrogen (secondary N) is 2. The zero-order valence-corrected chi connectivity index (χ0v) is 44.3. The first-order valence-corrected chi connectivity index (χ1v) is 28.8. The molecule has 0 aliphatic carbocycles. The highest BCUT2D eigenvalue weighted by Gasteiger charge is 2.50. The van der Waals surface area contributed by atoms with Crippen LogP contribution in [0.15, 0.2) is 12.7 Å². The number of hydrogen-bond acceptors (Lipinski definition) is 19. The lowest BCUT2D eigenvalue weighted by Crippen LogP contribution is -2.46. The molecule has 25 nitrogen and oxygen atoms in total. The van der Waals surface area contributed by atoms with Crippen LogP contribution in [0.2, 0.25) is 0 Å². The molecule has 1 aliphatic heterocycles. The van der Waals surface area contributed by atoms with Crippen molar-refractivity contribution in [1.29, 1.82) is 0 Å². The summed E-state index contributed by atoms with van der Waals surface area (Å²) in [4.78, 5) is 89.0. The Bertz CT molecular complexity index is 2130. The van der Waals surface area contributed by atoms with Gasteiger partial charge in [0.05, 0.1) is 19.5 Å². The van der Waals surface area contributed by atoms with Crippen LogP contribution in [0.25, 0.3) is 11.2 Å². The number of thioether (sulfide) groups is 1. The number of phosphoric acid groups is 3. The molecule has 4 unspecified atom stereocenters. The van der Waals surface area contributed by atoms with Crippen LogP contribution < -0.4 is 16.4 Å². The Balaban J connectivity index is 1.34. The molecule has 2 aromatic heterocycles. The maximum atomic E-state index is 12.8. The third-order valence-electron chi connectivity index (χ3n) is 11.8. The highest BCUT2D eigenvalue weighted by Crippen LogP contribution is 2.61. The highest BCUT2D eigenvalue weighted by atomic mass is 32.2. The van der Waals surface area contributed by atoms with E-state index in [1.165, 1.54) is 52.4 Å². The minimum Gasteiger partial charge on any atom is -0.386 e. The maximum Gasteiger partial charge on any atom is 0.481 e. The molecule has 0 aromatic carbocycles. The summed E-state index contributed by atoms with van der Waals surface area (Å²) in [6, 6.07) is 0. The molecule has 0 spiro atoms. The molecule has 70 heavy (non-hydrogen) atoms. The fraction of sp³-hybridized carbons (Fsp3) is 0.805. The van der Waals surface area contributed by atoms with Gasteiger partial charge in [-0.3, -0.25) is 32.5 Å². The number of amides is 2. The monoisotopic (exact) mass is 1080 g/mol. The Kier molecular flexibility index (Phi) is 25.0. The van der Waals surface area contributed by atoms with Gasteiger partial charge < -0.3 is 56.0 Å². The molecule has 2 aromatic rings. The zero-order chi connectivity index (χ0) is 52.6. The molecule has 2 amide bonds. The summed E-state index contributed by atoms with van der Waals surface area (Å²) < 4.78 is 62.5. The summed E-state index contributed by atoms with van der Waals surface area (Å²) >= 11 is 0.917. The van der Waals surface area contributed by atoms with E-state index in [9.17, 15) is 63.0 Å². The lowest BCUT2D eigenvalue weighted by molar-refractivity contribution is -0.137. The topological polar surface area (TPSA) is 384 Å². The molecule has 11 atom stereocenters. The third-order valence-corrected chi connectivity index (χ3v) is 15.8. The van der Waals surface area contributed by atoms with E-state index in [1.54, 1.807) is 0 Å². The number of rotatable bonds is 33. The molecule has 29 heteroatoms. The number of fused-ring (bicyclic) bond motifs is 1. The molecule has 1 fully saturated rings. The lowest BCUT2D eigenvalue weighted by atomic mass is 9.87. The fourth-order valence-electron chi connectivity index (χ4n) is 7.52. The second-order valence-electron chi connectivity index (χ2n) is 19.1. The molecular formula is C41H74N7O18P3S. The standard InChI is InChI=1S/C41H74N7O18P3S/c1-25(2)11-8-12-26(3)13-9-14-27(4)15-10-16-28(5)32(50)40(54)70-20-19-43-30(49)17-18-44-38(53)35(52)41(6,7)22-63-69(60,61)66-68(58,59)62-21-29-34(65-67(55,56)57)33(51)39(64-29)48-24-47-31-36(42)45-23-46-37(31)48/h23-29,32-35,39,50-52H,8-22H2,1-7H3,(H,43,49)(H,44,53)(H,58,59)(H,60,61)(H2,42,45,46)(H2,55,56,57)/t26-,27-,28+,29-,32?,33-,34-,35?,39-/m1/s1. The van der Waals surface area contributed by atoms with Crippen molar-refractivity contribution in [2.75, 3.05) is 37.8 Å². The van der Waals surface area contributed by atoms with Crippen molar-refractivity contribution in [3.05, 3.63) is 12.7 Å². The number of anilines is 1. The van der Waals surface area contributed by atoms with Crippen molar-refractivity contribution in [2.45, 2.75) is 149 Å². The van der Waals surface area contributed by atoms with Gasteiger partial charge in [0, 0.05) is 30.7 Å². The number of carbonyl (C=O) groups is 3. The first-order chi connectivity index (χ1) is 32.5. The van der Waals surface area contributed by atoms with Gasteiger partial charge >= 0.3 is 23.5 Å². The molecule has 11 N–H and O–H groups in total. The number of phosphoric ester groups is 3. The molecule has 0 radical (unpaired) electrons.